The van der Waals surface area contributed by atoms with Crippen LogP contribution in [-0.2, 0) is 16.0 Å². The van der Waals surface area contributed by atoms with Gasteiger partial charge in [-0.3, -0.25) is 4.79 Å². The van der Waals surface area contributed by atoms with Crippen LogP contribution in [0.2, 0.25) is 5.02 Å². The number of rotatable bonds is 5. The molecule has 0 fully saturated rings. The van der Waals surface area contributed by atoms with E-state index in [0.717, 1.165) is 6.07 Å². The number of hydrogen-bond donors (Lipinski definition) is 0. The second kappa shape index (κ2) is 6.90. The summed E-state index contributed by atoms with van der Waals surface area (Å²) in [5.41, 5.74) is 0.132. The molecule has 0 N–H and O–H groups in total. The molecular weight excluding hydrogens is 280 g/mol. The molecule has 1 rings (SSSR count). The Morgan fingerprint density at radius 3 is 2.74 bits per heavy atom. The third-order valence-corrected chi connectivity index (χ3v) is 2.48. The average molecular weight is 290 g/mol. The molecule has 0 aliphatic rings. The van der Waals surface area contributed by atoms with Gasteiger partial charge in [-0.25, -0.2) is 0 Å². The van der Waals surface area contributed by atoms with E-state index in [2.05, 4.69) is 4.74 Å². The number of carbonyl (C=O) groups excluding carboxylic acids is 1. The maximum atomic E-state index is 12.2. The molecule has 0 bridgehead atoms. The largest absolute Gasteiger partial charge is 0.466 e. The van der Waals surface area contributed by atoms with Crippen LogP contribution in [0.5, 0.6) is 5.75 Å². The van der Waals surface area contributed by atoms with E-state index in [1.54, 1.807) is 13.0 Å². The van der Waals surface area contributed by atoms with Gasteiger partial charge in [0, 0.05) is 5.02 Å². The van der Waals surface area contributed by atoms with Gasteiger partial charge in [-0.2, -0.15) is 14.0 Å². The van der Waals surface area contributed by atoms with Gasteiger partial charge in [0.15, 0.2) is 0 Å². The normalized spacial score (nSPS) is 10.1. The monoisotopic (exact) mass is 289 g/mol. The van der Waals surface area contributed by atoms with E-state index >= 15 is 0 Å². The summed E-state index contributed by atoms with van der Waals surface area (Å²) in [6, 6.07) is 4.01. The molecule has 1 aromatic rings. The number of nitriles is 1. The smallest absolute Gasteiger partial charge is 0.387 e. The minimum absolute atomic E-state index is 0.117. The Balaban J connectivity index is 3.05. The minimum Gasteiger partial charge on any atom is -0.466 e. The van der Waals surface area contributed by atoms with Crippen LogP contribution >= 0.6 is 11.6 Å². The number of hydrogen-bond acceptors (Lipinski definition) is 4. The zero-order chi connectivity index (χ0) is 14.4. The SMILES string of the molecule is CCOC(=O)Cc1cc(OC(F)F)c(C#N)cc1Cl. The Hall–Kier alpha value is -1.87. The van der Waals surface area contributed by atoms with E-state index in [4.69, 9.17) is 21.6 Å². The van der Waals surface area contributed by atoms with Crippen molar-refractivity contribution in [2.45, 2.75) is 20.0 Å². The summed E-state index contributed by atoms with van der Waals surface area (Å²) in [4.78, 5) is 11.3. The first-order chi connectivity index (χ1) is 8.97. The first kappa shape index (κ1) is 15.2. The van der Waals surface area contributed by atoms with Gasteiger partial charge in [-0.1, -0.05) is 11.6 Å². The van der Waals surface area contributed by atoms with Crippen LogP contribution < -0.4 is 4.74 Å². The molecule has 19 heavy (non-hydrogen) atoms. The highest BCUT2D eigenvalue weighted by Crippen LogP contribution is 2.28. The topological polar surface area (TPSA) is 59.3 Å². The summed E-state index contributed by atoms with van der Waals surface area (Å²) in [5.74, 6) is -0.863. The van der Waals surface area contributed by atoms with Crippen molar-refractivity contribution in [2.75, 3.05) is 6.61 Å². The maximum Gasteiger partial charge on any atom is 0.387 e. The molecule has 0 spiro atoms. The van der Waals surface area contributed by atoms with Crippen molar-refractivity contribution < 1.29 is 23.0 Å². The van der Waals surface area contributed by atoms with E-state index in [1.165, 1.54) is 6.07 Å². The molecule has 102 valence electrons. The summed E-state index contributed by atoms with van der Waals surface area (Å²) in [5, 5.41) is 8.90. The molecule has 0 atom stereocenters. The highest BCUT2D eigenvalue weighted by atomic mass is 35.5. The Morgan fingerprint density at radius 1 is 1.53 bits per heavy atom. The number of benzene rings is 1. The Kier molecular flexibility index (Phi) is 5.52. The minimum atomic E-state index is -3.07. The van der Waals surface area contributed by atoms with Crippen LogP contribution in [0.4, 0.5) is 8.78 Å². The third kappa shape index (κ3) is 4.38. The molecule has 7 heteroatoms. The van der Waals surface area contributed by atoms with Crippen molar-refractivity contribution in [3.05, 3.63) is 28.3 Å². The summed E-state index contributed by atoms with van der Waals surface area (Å²) in [6.45, 7) is -1.22. The first-order valence-corrected chi connectivity index (χ1v) is 5.68. The van der Waals surface area contributed by atoms with Crippen molar-refractivity contribution in [3.8, 4) is 11.8 Å². The fourth-order valence-corrected chi connectivity index (χ4v) is 1.61. The highest BCUT2D eigenvalue weighted by molar-refractivity contribution is 6.31. The molecule has 4 nitrogen and oxygen atoms in total. The highest BCUT2D eigenvalue weighted by Gasteiger charge is 2.15. The van der Waals surface area contributed by atoms with Crippen LogP contribution in [0.25, 0.3) is 0 Å². The Morgan fingerprint density at radius 2 is 2.21 bits per heavy atom. The molecule has 0 aromatic heterocycles. The van der Waals surface area contributed by atoms with Crippen LogP contribution in [0.15, 0.2) is 12.1 Å². The van der Waals surface area contributed by atoms with Gasteiger partial charge in [0.1, 0.15) is 11.8 Å². The van der Waals surface area contributed by atoms with Crippen LogP contribution in [-0.4, -0.2) is 19.2 Å². The standard InChI is InChI=1S/C12H10ClF2NO3/c1-2-18-11(17)5-7-4-10(19-12(14)15)8(6-16)3-9(7)13/h3-4,12H,2,5H2,1H3. The van der Waals surface area contributed by atoms with Gasteiger partial charge in [0.2, 0.25) is 0 Å². The van der Waals surface area contributed by atoms with Crippen molar-refractivity contribution in [1.82, 2.24) is 0 Å². The van der Waals surface area contributed by atoms with Crippen molar-refractivity contribution in [1.29, 1.82) is 5.26 Å². The van der Waals surface area contributed by atoms with Crippen LogP contribution in [0.1, 0.15) is 18.1 Å². The summed E-state index contributed by atoms with van der Waals surface area (Å²) in [6.07, 6.45) is -0.183. The van der Waals surface area contributed by atoms with Crippen molar-refractivity contribution in [3.63, 3.8) is 0 Å². The fourth-order valence-electron chi connectivity index (χ4n) is 1.38. The van der Waals surface area contributed by atoms with E-state index < -0.39 is 12.6 Å². The van der Waals surface area contributed by atoms with E-state index in [0.29, 0.717) is 0 Å². The summed E-state index contributed by atoms with van der Waals surface area (Å²) in [7, 11) is 0. The number of halogens is 3. The van der Waals surface area contributed by atoms with Gasteiger partial charge >= 0.3 is 12.6 Å². The molecule has 0 amide bonds. The van der Waals surface area contributed by atoms with Crippen molar-refractivity contribution >= 4 is 17.6 Å². The molecule has 0 saturated carbocycles. The molecule has 0 saturated heterocycles. The van der Waals surface area contributed by atoms with Gasteiger partial charge in [-0.05, 0) is 24.6 Å². The van der Waals surface area contributed by atoms with Crippen LogP contribution in [0, 0.1) is 11.3 Å². The quantitative estimate of drug-likeness (QED) is 0.782. The lowest BCUT2D eigenvalue weighted by Crippen LogP contribution is -2.09. The number of esters is 1. The molecule has 1 aromatic carbocycles. The molecule has 0 radical (unpaired) electrons. The number of nitrogens with zero attached hydrogens (tertiary/aromatic N) is 1. The lowest BCUT2D eigenvalue weighted by molar-refractivity contribution is -0.142. The predicted molar refractivity (Wildman–Crippen MR) is 63.1 cm³/mol. The second-order valence-corrected chi connectivity index (χ2v) is 3.82. The number of carbonyl (C=O) groups is 1. The zero-order valence-electron chi connectivity index (χ0n) is 9.95. The van der Waals surface area contributed by atoms with Crippen molar-refractivity contribution in [2.24, 2.45) is 0 Å². The molecule has 0 aliphatic carbocycles. The Labute approximate surface area is 113 Å². The van der Waals surface area contributed by atoms with Gasteiger partial charge < -0.3 is 9.47 Å². The predicted octanol–water partition coefficient (Wildman–Crippen LogP) is 2.92. The fraction of sp³-hybridized carbons (Fsp3) is 0.333. The molecule has 0 aliphatic heterocycles. The van der Waals surface area contributed by atoms with Crippen LogP contribution in [0.3, 0.4) is 0 Å². The third-order valence-electron chi connectivity index (χ3n) is 2.13. The zero-order valence-corrected chi connectivity index (χ0v) is 10.7. The average Bonchev–Trinajstić information content (AvgIpc) is 2.32. The summed E-state index contributed by atoms with van der Waals surface area (Å²) < 4.78 is 33.3. The van der Waals surface area contributed by atoms with E-state index in [1.807, 2.05) is 0 Å². The van der Waals surface area contributed by atoms with Gasteiger partial charge in [0.25, 0.3) is 0 Å². The molecule has 0 heterocycles. The molecule has 0 unspecified atom stereocenters. The maximum absolute atomic E-state index is 12.2. The lowest BCUT2D eigenvalue weighted by Gasteiger charge is -2.10. The Bertz CT molecular complexity index is 514. The van der Waals surface area contributed by atoms with Gasteiger partial charge in [-0.15, -0.1) is 0 Å². The van der Waals surface area contributed by atoms with E-state index in [9.17, 15) is 13.6 Å². The number of alkyl halides is 2. The van der Waals surface area contributed by atoms with E-state index in [-0.39, 0.29) is 34.9 Å². The summed E-state index contributed by atoms with van der Waals surface area (Å²) >= 11 is 5.86. The lowest BCUT2D eigenvalue weighted by atomic mass is 10.1. The second-order valence-electron chi connectivity index (χ2n) is 3.41. The first-order valence-electron chi connectivity index (χ1n) is 5.30. The molecular formula is C12H10ClF2NO3. The van der Waals surface area contributed by atoms with Gasteiger partial charge in [0.05, 0.1) is 18.6 Å². The number of ether oxygens (including phenoxy) is 2.